The van der Waals surface area contributed by atoms with Crippen molar-refractivity contribution < 1.29 is 18.7 Å². The molecule has 0 bridgehead atoms. The van der Waals surface area contributed by atoms with Crippen LogP contribution in [0, 0.1) is 5.82 Å². The lowest BCUT2D eigenvalue weighted by atomic mass is 10.1. The Balaban J connectivity index is 1.49. The number of aromatic amines is 1. The maximum Gasteiger partial charge on any atom is 0.301 e. The summed E-state index contributed by atoms with van der Waals surface area (Å²) in [4.78, 5) is 43.6. The van der Waals surface area contributed by atoms with Gasteiger partial charge in [-0.25, -0.2) is 14.4 Å². The molecule has 2 fully saturated rings. The number of fused-ring (bicyclic) bond motifs is 1. The Labute approximate surface area is 236 Å². The van der Waals surface area contributed by atoms with Crippen molar-refractivity contribution in [3.63, 3.8) is 0 Å². The number of H-pyrrole nitrogens is 1. The highest BCUT2D eigenvalue weighted by atomic mass is 19.1. The Kier molecular flexibility index (Phi) is 7.69. The van der Waals surface area contributed by atoms with E-state index in [-0.39, 0.29) is 23.0 Å². The summed E-state index contributed by atoms with van der Waals surface area (Å²) in [6, 6.07) is 8.23. The summed E-state index contributed by atoms with van der Waals surface area (Å²) >= 11 is 0. The van der Waals surface area contributed by atoms with Crippen LogP contribution in [0.2, 0.25) is 0 Å². The highest BCUT2D eigenvalue weighted by Crippen LogP contribution is 2.33. The molecule has 214 valence electrons. The second-order valence-electron chi connectivity index (χ2n) is 10.4. The fourth-order valence-electron chi connectivity index (χ4n) is 5.29. The van der Waals surface area contributed by atoms with Crippen LogP contribution in [0.1, 0.15) is 43.9 Å². The third-order valence-corrected chi connectivity index (χ3v) is 7.49. The van der Waals surface area contributed by atoms with Gasteiger partial charge in [0.15, 0.2) is 17.2 Å². The van der Waals surface area contributed by atoms with Gasteiger partial charge in [-0.15, -0.1) is 0 Å². The number of ether oxygens (including phenoxy) is 2. The number of pyridine rings is 1. The molecule has 2 saturated heterocycles. The first-order chi connectivity index (χ1) is 20.0. The first kappa shape index (κ1) is 26.9. The van der Waals surface area contributed by atoms with Crippen molar-refractivity contribution in [3.8, 4) is 17.3 Å². The van der Waals surface area contributed by atoms with E-state index in [0.717, 1.165) is 36.2 Å². The van der Waals surface area contributed by atoms with E-state index in [0.29, 0.717) is 75.1 Å². The second-order valence-corrected chi connectivity index (χ2v) is 10.4. The van der Waals surface area contributed by atoms with Crippen LogP contribution >= 0.6 is 0 Å². The lowest BCUT2D eigenvalue weighted by Gasteiger charge is -2.30. The molecule has 0 saturated carbocycles. The van der Waals surface area contributed by atoms with Crippen LogP contribution in [0.3, 0.4) is 0 Å². The summed E-state index contributed by atoms with van der Waals surface area (Å²) in [5, 5.41) is 0. The number of hydrogen-bond donors (Lipinski definition) is 1. The minimum Gasteiger partial charge on any atom is -0.486 e. The summed E-state index contributed by atoms with van der Waals surface area (Å²) in [6.45, 7) is 5.51. The molecule has 2 aliphatic heterocycles. The van der Waals surface area contributed by atoms with Crippen LogP contribution in [0.4, 0.5) is 15.8 Å². The van der Waals surface area contributed by atoms with E-state index in [4.69, 9.17) is 14.5 Å². The Hall–Kier alpha value is -4.25. The van der Waals surface area contributed by atoms with Crippen molar-refractivity contribution in [3.05, 3.63) is 70.2 Å². The Morgan fingerprint density at radius 1 is 1.12 bits per heavy atom. The normalized spacial score (nSPS) is 15.7. The number of morpholine rings is 1. The number of imidazole rings is 1. The minimum atomic E-state index is -0.361. The summed E-state index contributed by atoms with van der Waals surface area (Å²) < 4.78 is 26.5. The van der Waals surface area contributed by atoms with Gasteiger partial charge in [-0.3, -0.25) is 14.0 Å². The molecule has 0 spiro atoms. The smallest absolute Gasteiger partial charge is 0.301 e. The van der Waals surface area contributed by atoms with E-state index in [9.17, 15) is 14.0 Å². The van der Waals surface area contributed by atoms with Gasteiger partial charge in [0.25, 0.3) is 0 Å². The molecule has 41 heavy (non-hydrogen) atoms. The molecule has 3 aromatic heterocycles. The van der Waals surface area contributed by atoms with Gasteiger partial charge in [0.2, 0.25) is 11.7 Å². The van der Waals surface area contributed by atoms with Crippen molar-refractivity contribution in [1.29, 1.82) is 0 Å². The van der Waals surface area contributed by atoms with Crippen molar-refractivity contribution >= 4 is 22.9 Å². The molecule has 0 atom stereocenters. The summed E-state index contributed by atoms with van der Waals surface area (Å²) in [5.41, 5.74) is 3.42. The van der Waals surface area contributed by atoms with Crippen molar-refractivity contribution in [2.24, 2.45) is 0 Å². The maximum absolute atomic E-state index is 14.1. The standard InChI is InChI=1S/C30H33FN6O4/c1-2-3-13-41-27-26(28-32-18-22(33-28)16-20-6-8-21(31)9-7-20)34-29-24(36-10-4-5-25(36)38)17-23(19-37(29)30(27)39)35-11-14-40-15-12-35/h6-9,17-19H,2-5,10-16H2,1H3,(H,32,33). The van der Waals surface area contributed by atoms with E-state index in [2.05, 4.69) is 21.8 Å². The molecular formula is C30H33FN6O4. The van der Waals surface area contributed by atoms with Crippen molar-refractivity contribution in [2.45, 2.75) is 39.0 Å². The Morgan fingerprint density at radius 2 is 1.93 bits per heavy atom. The molecule has 0 aliphatic carbocycles. The molecule has 2 aliphatic rings. The molecular weight excluding hydrogens is 527 g/mol. The van der Waals surface area contributed by atoms with Gasteiger partial charge in [0.1, 0.15) is 5.82 Å². The van der Waals surface area contributed by atoms with Crippen LogP contribution in [0.15, 0.2) is 47.5 Å². The minimum absolute atomic E-state index is 0.00433. The van der Waals surface area contributed by atoms with E-state index in [1.165, 1.54) is 16.5 Å². The lowest BCUT2D eigenvalue weighted by Crippen LogP contribution is -2.37. The number of carbonyl (C=O) groups excluding carboxylic acids is 1. The summed E-state index contributed by atoms with van der Waals surface area (Å²) in [5.74, 6) is 0.211. The third kappa shape index (κ3) is 5.54. The number of rotatable bonds is 9. The quantitative estimate of drug-likeness (QED) is 0.309. The zero-order chi connectivity index (χ0) is 28.3. The molecule has 0 unspecified atom stereocenters. The van der Waals surface area contributed by atoms with Crippen molar-refractivity contribution in [2.75, 3.05) is 49.3 Å². The van der Waals surface area contributed by atoms with Crippen LogP contribution in [-0.4, -0.2) is 64.7 Å². The molecule has 11 heteroatoms. The number of aromatic nitrogens is 4. The summed E-state index contributed by atoms with van der Waals surface area (Å²) in [6.07, 6.45) is 6.84. The van der Waals surface area contributed by atoms with Crippen molar-refractivity contribution in [1.82, 2.24) is 19.4 Å². The molecule has 1 N–H and O–H groups in total. The average Bonchev–Trinajstić information content (AvgIpc) is 3.64. The molecule has 10 nitrogen and oxygen atoms in total. The number of nitrogens with zero attached hydrogens (tertiary/aromatic N) is 5. The molecule has 0 radical (unpaired) electrons. The monoisotopic (exact) mass is 560 g/mol. The zero-order valence-corrected chi connectivity index (χ0v) is 23.1. The van der Waals surface area contributed by atoms with Crippen LogP contribution in [0.5, 0.6) is 5.75 Å². The molecule has 6 rings (SSSR count). The third-order valence-electron chi connectivity index (χ3n) is 7.49. The Morgan fingerprint density at radius 3 is 2.66 bits per heavy atom. The van der Waals surface area contributed by atoms with Gasteiger partial charge in [-0.1, -0.05) is 25.5 Å². The van der Waals surface area contributed by atoms with Crippen LogP contribution in [0.25, 0.3) is 17.2 Å². The molecule has 1 aromatic carbocycles. The first-order valence-corrected chi connectivity index (χ1v) is 14.2. The second kappa shape index (κ2) is 11.7. The molecule has 1 amide bonds. The van der Waals surface area contributed by atoms with Gasteiger partial charge >= 0.3 is 5.56 Å². The SMILES string of the molecule is CCCCOc1c(-c2ncc(Cc3ccc(F)cc3)[nH]2)nc2c(N3CCCC3=O)cc(N3CCOCC3)cn2c1=O. The van der Waals surface area contributed by atoms with E-state index >= 15 is 0 Å². The Bertz CT molecular complexity index is 1610. The van der Waals surface area contributed by atoms with Gasteiger partial charge < -0.3 is 24.3 Å². The van der Waals surface area contributed by atoms with Gasteiger partial charge in [0.05, 0.1) is 31.2 Å². The van der Waals surface area contributed by atoms with Gasteiger partial charge in [0, 0.05) is 50.6 Å². The first-order valence-electron chi connectivity index (χ1n) is 14.2. The number of nitrogens with one attached hydrogen (secondary N) is 1. The fraction of sp³-hybridized carbons (Fsp3) is 0.400. The number of carbonyl (C=O) groups is 1. The number of halogens is 1. The van der Waals surface area contributed by atoms with Gasteiger partial charge in [-0.2, -0.15) is 0 Å². The van der Waals surface area contributed by atoms with Crippen LogP contribution in [-0.2, 0) is 16.0 Å². The maximum atomic E-state index is 14.1. The van der Waals surface area contributed by atoms with E-state index < -0.39 is 0 Å². The predicted molar refractivity (Wildman–Crippen MR) is 153 cm³/mol. The van der Waals surface area contributed by atoms with Gasteiger partial charge in [-0.05, 0) is 36.6 Å². The number of anilines is 2. The summed E-state index contributed by atoms with van der Waals surface area (Å²) in [7, 11) is 0. The van der Waals surface area contributed by atoms with Crippen LogP contribution < -0.4 is 20.1 Å². The number of hydrogen-bond acceptors (Lipinski definition) is 7. The number of unbranched alkanes of at least 4 members (excludes halogenated alkanes) is 1. The largest absolute Gasteiger partial charge is 0.486 e. The average molecular weight is 561 g/mol. The zero-order valence-electron chi connectivity index (χ0n) is 23.1. The highest BCUT2D eigenvalue weighted by molar-refractivity contribution is 5.99. The highest BCUT2D eigenvalue weighted by Gasteiger charge is 2.28. The topological polar surface area (TPSA) is 105 Å². The molecule has 5 heterocycles. The number of benzene rings is 1. The van der Waals surface area contributed by atoms with E-state index in [1.807, 2.05) is 6.07 Å². The number of amides is 1. The lowest BCUT2D eigenvalue weighted by molar-refractivity contribution is -0.117. The fourth-order valence-corrected chi connectivity index (χ4v) is 5.29. The molecule has 4 aromatic rings. The van der Waals surface area contributed by atoms with E-state index in [1.54, 1.807) is 29.4 Å². The predicted octanol–water partition coefficient (Wildman–Crippen LogP) is 3.96.